The third-order valence-corrected chi connectivity index (χ3v) is 6.76. The maximum absolute atomic E-state index is 13.2. The number of sulfone groups is 1. The molecular formula is C22H20FN5O3S. The van der Waals surface area contributed by atoms with Gasteiger partial charge in [0, 0.05) is 17.8 Å². The van der Waals surface area contributed by atoms with Crippen LogP contribution in [0.2, 0.25) is 0 Å². The van der Waals surface area contributed by atoms with E-state index < -0.39 is 15.9 Å². The molecule has 0 spiro atoms. The van der Waals surface area contributed by atoms with Gasteiger partial charge in [-0.3, -0.25) is 9.78 Å². The molecule has 3 aromatic heterocycles. The van der Waals surface area contributed by atoms with E-state index >= 15 is 0 Å². The van der Waals surface area contributed by atoms with E-state index in [-0.39, 0.29) is 22.5 Å². The molecule has 3 heterocycles. The summed E-state index contributed by atoms with van der Waals surface area (Å²) in [5.41, 5.74) is 2.24. The Morgan fingerprint density at radius 3 is 2.50 bits per heavy atom. The topological polar surface area (TPSA) is 107 Å². The lowest BCUT2D eigenvalue weighted by atomic mass is 10.1. The molecule has 0 saturated carbocycles. The van der Waals surface area contributed by atoms with Gasteiger partial charge < -0.3 is 5.32 Å². The highest BCUT2D eigenvalue weighted by molar-refractivity contribution is 7.91. The van der Waals surface area contributed by atoms with Crippen LogP contribution in [-0.4, -0.2) is 39.8 Å². The van der Waals surface area contributed by atoms with E-state index in [4.69, 9.17) is 0 Å². The second kappa shape index (κ2) is 8.46. The number of fused-ring (bicyclic) bond motifs is 1. The number of rotatable bonds is 6. The number of nitrogens with one attached hydrogen (secondary N) is 1. The van der Waals surface area contributed by atoms with Gasteiger partial charge >= 0.3 is 0 Å². The van der Waals surface area contributed by atoms with Crippen molar-refractivity contribution < 1.29 is 17.6 Å². The molecule has 0 aliphatic carbocycles. The molecule has 0 saturated heterocycles. The lowest BCUT2D eigenvalue weighted by Gasteiger charge is -2.15. The minimum atomic E-state index is -3.39. The average molecular weight is 453 g/mol. The Labute approximate surface area is 184 Å². The van der Waals surface area contributed by atoms with Crippen molar-refractivity contribution in [1.82, 2.24) is 25.1 Å². The second-order valence-electron chi connectivity index (χ2n) is 7.18. The van der Waals surface area contributed by atoms with Crippen LogP contribution in [0, 0.1) is 5.82 Å². The van der Waals surface area contributed by atoms with Crippen molar-refractivity contribution in [2.24, 2.45) is 0 Å². The van der Waals surface area contributed by atoms with E-state index in [9.17, 15) is 17.6 Å². The van der Waals surface area contributed by atoms with E-state index in [1.807, 2.05) is 0 Å². The summed E-state index contributed by atoms with van der Waals surface area (Å²) in [6, 6.07) is 8.49. The maximum Gasteiger partial charge on any atom is 0.254 e. The first-order chi connectivity index (χ1) is 15.3. The summed E-state index contributed by atoms with van der Waals surface area (Å²) in [6.45, 7) is 3.33. The SMILES string of the molecule is CCS(=O)(=O)c1ccc([C@H](C)NC(=O)c2cncc3c2cnn3-c2ccc(F)cc2)cn1. The Bertz CT molecular complexity index is 1380. The highest BCUT2D eigenvalue weighted by Crippen LogP contribution is 2.22. The summed E-state index contributed by atoms with van der Waals surface area (Å²) in [5.74, 6) is -0.749. The number of amides is 1. The normalized spacial score (nSPS) is 12.6. The molecule has 0 unspecified atom stereocenters. The van der Waals surface area contributed by atoms with Crippen molar-refractivity contribution in [2.45, 2.75) is 24.9 Å². The van der Waals surface area contributed by atoms with Gasteiger partial charge in [0.15, 0.2) is 14.9 Å². The molecule has 1 aromatic carbocycles. The summed E-state index contributed by atoms with van der Waals surface area (Å²) in [5, 5.41) is 7.80. The van der Waals surface area contributed by atoms with Gasteiger partial charge in [-0.2, -0.15) is 5.10 Å². The zero-order valence-corrected chi connectivity index (χ0v) is 18.2. The van der Waals surface area contributed by atoms with Crippen LogP contribution in [0.1, 0.15) is 35.8 Å². The average Bonchev–Trinajstić information content (AvgIpc) is 3.24. The second-order valence-corrected chi connectivity index (χ2v) is 9.41. The van der Waals surface area contributed by atoms with Crippen LogP contribution in [0.3, 0.4) is 0 Å². The number of halogens is 1. The highest BCUT2D eigenvalue weighted by atomic mass is 32.2. The fourth-order valence-electron chi connectivity index (χ4n) is 3.25. The van der Waals surface area contributed by atoms with Gasteiger partial charge in [0.2, 0.25) is 0 Å². The first-order valence-electron chi connectivity index (χ1n) is 9.87. The Morgan fingerprint density at radius 2 is 1.84 bits per heavy atom. The summed E-state index contributed by atoms with van der Waals surface area (Å²) >= 11 is 0. The summed E-state index contributed by atoms with van der Waals surface area (Å²) in [6.07, 6.45) is 6.05. The number of hydrogen-bond donors (Lipinski definition) is 1. The van der Waals surface area contributed by atoms with Gasteiger partial charge in [-0.15, -0.1) is 0 Å². The number of benzene rings is 1. The largest absolute Gasteiger partial charge is 0.345 e. The van der Waals surface area contributed by atoms with Crippen LogP contribution in [0.15, 0.2) is 66.2 Å². The van der Waals surface area contributed by atoms with Crippen LogP contribution >= 0.6 is 0 Å². The standard InChI is InChI=1S/C22H20FN5O3S/c1-3-32(30,31)21-9-4-15(10-25-21)14(2)27-22(29)19-11-24-13-20-18(19)12-26-28(20)17-7-5-16(23)6-8-17/h4-14H,3H2,1-2H3,(H,27,29)/t14-/m0/s1. The molecule has 0 aliphatic rings. The molecule has 4 aromatic rings. The number of carbonyl (C=O) groups excluding carboxylic acids is 1. The molecule has 1 atom stereocenters. The zero-order chi connectivity index (χ0) is 22.9. The summed E-state index contributed by atoms with van der Waals surface area (Å²) in [7, 11) is -3.39. The minimum absolute atomic E-state index is 0.00412. The molecule has 4 rings (SSSR count). The molecule has 0 fully saturated rings. The van der Waals surface area contributed by atoms with E-state index in [1.54, 1.807) is 49.1 Å². The molecule has 0 aliphatic heterocycles. The van der Waals surface area contributed by atoms with E-state index in [0.717, 1.165) is 0 Å². The molecule has 10 heteroatoms. The predicted molar refractivity (Wildman–Crippen MR) is 117 cm³/mol. The maximum atomic E-state index is 13.2. The van der Waals surface area contributed by atoms with Gasteiger partial charge in [-0.25, -0.2) is 22.5 Å². The van der Waals surface area contributed by atoms with Crippen LogP contribution in [-0.2, 0) is 9.84 Å². The molecule has 164 valence electrons. The van der Waals surface area contributed by atoms with Crippen molar-refractivity contribution in [3.05, 3.63) is 78.1 Å². The van der Waals surface area contributed by atoms with Crippen LogP contribution in [0.25, 0.3) is 16.6 Å². The Hall–Kier alpha value is -3.66. The zero-order valence-electron chi connectivity index (χ0n) is 17.4. The molecule has 8 nitrogen and oxygen atoms in total. The fraction of sp³-hybridized carbons (Fsp3) is 0.182. The molecule has 32 heavy (non-hydrogen) atoms. The molecule has 1 amide bonds. The predicted octanol–water partition coefficient (Wildman–Crippen LogP) is 3.24. The van der Waals surface area contributed by atoms with Crippen LogP contribution in [0.4, 0.5) is 4.39 Å². The lowest BCUT2D eigenvalue weighted by Crippen LogP contribution is -2.27. The van der Waals surface area contributed by atoms with Gasteiger partial charge in [-0.05, 0) is 42.8 Å². The number of hydrogen-bond acceptors (Lipinski definition) is 6. The fourth-order valence-corrected chi connectivity index (χ4v) is 4.03. The lowest BCUT2D eigenvalue weighted by molar-refractivity contribution is 0.0941. The van der Waals surface area contributed by atoms with Crippen molar-refractivity contribution in [1.29, 1.82) is 0 Å². The van der Waals surface area contributed by atoms with Gasteiger partial charge in [0.05, 0.1) is 41.0 Å². The summed E-state index contributed by atoms with van der Waals surface area (Å²) in [4.78, 5) is 21.1. The Kier molecular flexibility index (Phi) is 5.70. The third-order valence-electron chi connectivity index (χ3n) is 5.12. The minimum Gasteiger partial charge on any atom is -0.345 e. The Morgan fingerprint density at radius 1 is 1.09 bits per heavy atom. The van der Waals surface area contributed by atoms with Gasteiger partial charge in [-0.1, -0.05) is 13.0 Å². The molecule has 0 radical (unpaired) electrons. The van der Waals surface area contributed by atoms with Crippen molar-refractivity contribution in [3.63, 3.8) is 0 Å². The van der Waals surface area contributed by atoms with Gasteiger partial charge in [0.25, 0.3) is 5.91 Å². The molecule has 0 bridgehead atoms. The van der Waals surface area contributed by atoms with Gasteiger partial charge in [0.1, 0.15) is 5.82 Å². The molecular weight excluding hydrogens is 433 g/mol. The monoisotopic (exact) mass is 453 g/mol. The first kappa shape index (κ1) is 21.6. The third kappa shape index (κ3) is 4.09. The van der Waals surface area contributed by atoms with Crippen molar-refractivity contribution >= 4 is 26.6 Å². The number of aromatic nitrogens is 4. The highest BCUT2D eigenvalue weighted by Gasteiger charge is 2.19. The summed E-state index contributed by atoms with van der Waals surface area (Å²) < 4.78 is 38.7. The first-order valence-corrected chi connectivity index (χ1v) is 11.5. The van der Waals surface area contributed by atoms with Crippen LogP contribution in [0.5, 0.6) is 0 Å². The van der Waals surface area contributed by atoms with Crippen molar-refractivity contribution in [2.75, 3.05) is 5.75 Å². The van der Waals surface area contributed by atoms with Crippen molar-refractivity contribution in [3.8, 4) is 5.69 Å². The van der Waals surface area contributed by atoms with Crippen LogP contribution < -0.4 is 5.32 Å². The quantitative estimate of drug-likeness (QED) is 0.480. The number of pyridine rings is 2. The van der Waals surface area contributed by atoms with E-state index in [1.165, 1.54) is 30.6 Å². The number of carbonyl (C=O) groups is 1. The number of nitrogens with zero attached hydrogens (tertiary/aromatic N) is 4. The smallest absolute Gasteiger partial charge is 0.254 e. The molecule has 1 N–H and O–H groups in total. The van der Waals surface area contributed by atoms with E-state index in [0.29, 0.717) is 27.7 Å². The van der Waals surface area contributed by atoms with E-state index in [2.05, 4.69) is 20.4 Å². The Balaban J connectivity index is 1.58.